The summed E-state index contributed by atoms with van der Waals surface area (Å²) >= 11 is 0. The Labute approximate surface area is 95.0 Å². The number of nitrogens with zero attached hydrogens (tertiary/aromatic N) is 2. The van der Waals surface area contributed by atoms with Crippen molar-refractivity contribution in [3.63, 3.8) is 0 Å². The van der Waals surface area contributed by atoms with E-state index in [4.69, 9.17) is 0 Å². The van der Waals surface area contributed by atoms with Gasteiger partial charge in [0.1, 0.15) is 11.9 Å². The number of fused-ring (bicyclic) bond motifs is 1. The number of rotatable bonds is 4. The monoisotopic (exact) mass is 216 g/mol. The Bertz CT molecular complexity index is 502. The molecule has 0 aliphatic rings. The van der Waals surface area contributed by atoms with Crippen LogP contribution in [-0.2, 0) is 6.54 Å². The maximum Gasteiger partial charge on any atom is 0.139 e. The van der Waals surface area contributed by atoms with E-state index in [2.05, 4.69) is 11.6 Å². The lowest BCUT2D eigenvalue weighted by Gasteiger charge is -2.10. The number of aliphatic hydroxyl groups excluding tert-OH is 1. The minimum absolute atomic E-state index is 0.507. The van der Waals surface area contributed by atoms with Crippen LogP contribution in [0.15, 0.2) is 36.9 Å². The Kier molecular flexibility index (Phi) is 3.06. The van der Waals surface area contributed by atoms with Crippen molar-refractivity contribution in [3.8, 4) is 0 Å². The fraction of sp³-hybridized carbons (Fsp3) is 0.308. The Morgan fingerprint density at radius 2 is 2.25 bits per heavy atom. The third kappa shape index (κ3) is 1.74. The van der Waals surface area contributed by atoms with Crippen LogP contribution in [0.4, 0.5) is 0 Å². The molecule has 0 fully saturated rings. The van der Waals surface area contributed by atoms with Crippen LogP contribution in [0.5, 0.6) is 0 Å². The first kappa shape index (κ1) is 10.9. The Balaban J connectivity index is 2.62. The van der Waals surface area contributed by atoms with Gasteiger partial charge in [-0.15, -0.1) is 6.58 Å². The third-order valence-electron chi connectivity index (χ3n) is 2.68. The molecule has 0 saturated heterocycles. The lowest BCUT2D eigenvalue weighted by molar-refractivity contribution is 0.160. The molecule has 2 rings (SSSR count). The number of aromatic nitrogens is 2. The zero-order chi connectivity index (χ0) is 11.5. The first-order chi connectivity index (χ1) is 7.77. The smallest absolute Gasteiger partial charge is 0.139 e. The normalized spacial score (nSPS) is 12.9. The highest BCUT2D eigenvalue weighted by Crippen LogP contribution is 2.22. The molecule has 1 unspecified atom stereocenters. The molecular weight excluding hydrogens is 200 g/mol. The zero-order valence-electron chi connectivity index (χ0n) is 9.43. The van der Waals surface area contributed by atoms with Crippen LogP contribution in [0.1, 0.15) is 25.3 Å². The van der Waals surface area contributed by atoms with Gasteiger partial charge in [0.25, 0.3) is 0 Å². The Hall–Kier alpha value is -1.61. The van der Waals surface area contributed by atoms with Gasteiger partial charge in [-0.05, 0) is 18.6 Å². The fourth-order valence-corrected chi connectivity index (χ4v) is 1.85. The van der Waals surface area contributed by atoms with Crippen molar-refractivity contribution >= 4 is 11.0 Å². The summed E-state index contributed by atoms with van der Waals surface area (Å²) in [6.45, 7) is 6.36. The van der Waals surface area contributed by atoms with Crippen LogP contribution >= 0.6 is 0 Å². The largest absolute Gasteiger partial charge is 0.385 e. The summed E-state index contributed by atoms with van der Waals surface area (Å²) in [5.74, 6) is 0.726. The molecule has 1 atom stereocenters. The molecule has 1 aromatic heterocycles. The predicted octanol–water partition coefficient (Wildman–Crippen LogP) is 2.67. The first-order valence-corrected chi connectivity index (χ1v) is 5.52. The van der Waals surface area contributed by atoms with Gasteiger partial charge in [0.15, 0.2) is 0 Å². The van der Waals surface area contributed by atoms with Crippen LogP contribution in [0.2, 0.25) is 0 Å². The van der Waals surface area contributed by atoms with Crippen LogP contribution in [-0.4, -0.2) is 14.7 Å². The number of allylic oxidation sites excluding steroid dienone is 1. The summed E-state index contributed by atoms with van der Waals surface area (Å²) in [5, 5.41) is 9.92. The minimum Gasteiger partial charge on any atom is -0.385 e. The van der Waals surface area contributed by atoms with Crippen LogP contribution in [0.25, 0.3) is 11.0 Å². The number of hydrogen-bond donors (Lipinski definition) is 1. The van der Waals surface area contributed by atoms with E-state index in [1.807, 2.05) is 41.8 Å². The molecule has 3 nitrogen and oxygen atoms in total. The van der Waals surface area contributed by atoms with Gasteiger partial charge >= 0.3 is 0 Å². The van der Waals surface area contributed by atoms with E-state index in [0.717, 1.165) is 16.9 Å². The van der Waals surface area contributed by atoms with E-state index in [-0.39, 0.29) is 0 Å². The Morgan fingerprint density at radius 1 is 1.50 bits per heavy atom. The molecule has 0 radical (unpaired) electrons. The molecule has 3 heteroatoms. The van der Waals surface area contributed by atoms with E-state index < -0.39 is 6.10 Å². The lowest BCUT2D eigenvalue weighted by Crippen LogP contribution is -2.07. The van der Waals surface area contributed by atoms with Gasteiger partial charge in [0, 0.05) is 6.54 Å². The van der Waals surface area contributed by atoms with Gasteiger partial charge in [-0.1, -0.05) is 25.1 Å². The van der Waals surface area contributed by atoms with E-state index in [1.54, 1.807) is 0 Å². The first-order valence-electron chi connectivity index (χ1n) is 5.52. The van der Waals surface area contributed by atoms with E-state index in [1.165, 1.54) is 0 Å². The summed E-state index contributed by atoms with van der Waals surface area (Å²) in [7, 11) is 0. The van der Waals surface area contributed by atoms with Gasteiger partial charge in [-0.3, -0.25) is 0 Å². The maximum absolute atomic E-state index is 9.92. The van der Waals surface area contributed by atoms with E-state index >= 15 is 0 Å². The van der Waals surface area contributed by atoms with Crippen molar-refractivity contribution in [2.75, 3.05) is 0 Å². The molecule has 0 spiro atoms. The lowest BCUT2D eigenvalue weighted by atomic mass is 10.2. The minimum atomic E-state index is -0.507. The van der Waals surface area contributed by atoms with Gasteiger partial charge in [-0.2, -0.15) is 0 Å². The highest BCUT2D eigenvalue weighted by Gasteiger charge is 2.15. The molecule has 84 valence electrons. The van der Waals surface area contributed by atoms with Crippen LogP contribution in [0.3, 0.4) is 0 Å². The molecule has 1 heterocycles. The molecule has 0 aliphatic carbocycles. The third-order valence-corrected chi connectivity index (χ3v) is 2.68. The second kappa shape index (κ2) is 4.49. The second-order valence-corrected chi connectivity index (χ2v) is 3.78. The summed E-state index contributed by atoms with van der Waals surface area (Å²) in [6.07, 6.45) is 1.98. The fourth-order valence-electron chi connectivity index (χ4n) is 1.85. The standard InChI is InChI=1S/C13H16N2O/c1-3-9-15-11-8-6-5-7-10(11)14-13(15)12(16)4-2/h3,5-8,12,16H,1,4,9H2,2H3. The maximum atomic E-state index is 9.92. The molecule has 2 aromatic rings. The molecule has 1 N–H and O–H groups in total. The molecule has 0 aliphatic heterocycles. The summed E-state index contributed by atoms with van der Waals surface area (Å²) in [4.78, 5) is 4.47. The Morgan fingerprint density at radius 3 is 2.94 bits per heavy atom. The molecule has 0 saturated carbocycles. The SMILES string of the molecule is C=CCn1c(C(O)CC)nc2ccccc21. The molecular formula is C13H16N2O. The molecule has 1 aromatic carbocycles. The van der Waals surface area contributed by atoms with Gasteiger partial charge < -0.3 is 9.67 Å². The highest BCUT2D eigenvalue weighted by molar-refractivity contribution is 5.76. The summed E-state index contributed by atoms with van der Waals surface area (Å²) in [6, 6.07) is 7.90. The van der Waals surface area contributed by atoms with Crippen molar-refractivity contribution in [2.45, 2.75) is 26.0 Å². The van der Waals surface area contributed by atoms with Crippen molar-refractivity contribution in [3.05, 3.63) is 42.7 Å². The average Bonchev–Trinajstić information content (AvgIpc) is 2.68. The number of benzene rings is 1. The van der Waals surface area contributed by atoms with E-state index in [9.17, 15) is 5.11 Å². The molecule has 0 bridgehead atoms. The zero-order valence-corrected chi connectivity index (χ0v) is 9.43. The average molecular weight is 216 g/mol. The van der Waals surface area contributed by atoms with Gasteiger partial charge in [0.2, 0.25) is 0 Å². The highest BCUT2D eigenvalue weighted by atomic mass is 16.3. The van der Waals surface area contributed by atoms with Crippen molar-refractivity contribution < 1.29 is 5.11 Å². The van der Waals surface area contributed by atoms with Crippen LogP contribution in [0, 0.1) is 0 Å². The number of imidazole rings is 1. The quantitative estimate of drug-likeness (QED) is 0.798. The van der Waals surface area contributed by atoms with E-state index in [0.29, 0.717) is 13.0 Å². The van der Waals surface area contributed by atoms with Gasteiger partial charge in [0.05, 0.1) is 11.0 Å². The van der Waals surface area contributed by atoms with Crippen molar-refractivity contribution in [1.82, 2.24) is 9.55 Å². The number of aliphatic hydroxyl groups is 1. The number of hydrogen-bond acceptors (Lipinski definition) is 2. The van der Waals surface area contributed by atoms with Crippen molar-refractivity contribution in [1.29, 1.82) is 0 Å². The molecule has 16 heavy (non-hydrogen) atoms. The predicted molar refractivity (Wildman–Crippen MR) is 65.2 cm³/mol. The summed E-state index contributed by atoms with van der Waals surface area (Å²) < 4.78 is 2.01. The second-order valence-electron chi connectivity index (χ2n) is 3.78. The van der Waals surface area contributed by atoms with Gasteiger partial charge in [-0.25, -0.2) is 4.98 Å². The molecule has 0 amide bonds. The van der Waals surface area contributed by atoms with Crippen LogP contribution < -0.4 is 0 Å². The number of para-hydroxylation sites is 2. The summed E-state index contributed by atoms with van der Waals surface area (Å²) in [5.41, 5.74) is 1.97. The van der Waals surface area contributed by atoms with Crippen molar-refractivity contribution in [2.24, 2.45) is 0 Å². The topological polar surface area (TPSA) is 38.0 Å².